The molecule has 2 rings (SSSR count). The number of nitrogens with one attached hydrogen (secondary N) is 1. The molecule has 1 unspecified atom stereocenters. The van der Waals surface area contributed by atoms with E-state index in [9.17, 15) is 4.79 Å². The maximum Gasteiger partial charge on any atom is 0.227 e. The maximum atomic E-state index is 12.0. The molecule has 3 heteroatoms. The number of hydrogen-bond acceptors (Lipinski definition) is 2. The topological polar surface area (TPSA) is 55.1 Å². The third-order valence-electron chi connectivity index (χ3n) is 3.58. The molecule has 1 amide bonds. The summed E-state index contributed by atoms with van der Waals surface area (Å²) in [5, 5.41) is 3.05. The molecule has 0 fully saturated rings. The summed E-state index contributed by atoms with van der Waals surface area (Å²) >= 11 is 0. The lowest BCUT2D eigenvalue weighted by molar-refractivity contribution is -0.120. The van der Waals surface area contributed by atoms with Crippen LogP contribution in [0.4, 0.5) is 5.69 Å². The van der Waals surface area contributed by atoms with Crippen LogP contribution in [-0.4, -0.2) is 12.5 Å². The average molecular weight is 232 g/mol. The van der Waals surface area contributed by atoms with Gasteiger partial charge in [0, 0.05) is 11.6 Å². The zero-order valence-electron chi connectivity index (χ0n) is 10.5. The fourth-order valence-corrected chi connectivity index (χ4v) is 2.47. The molecule has 0 spiro atoms. The molecule has 3 N–H and O–H groups in total. The van der Waals surface area contributed by atoms with Gasteiger partial charge in [0.2, 0.25) is 5.91 Å². The number of nitrogens with two attached hydrogens (primary N) is 1. The second-order valence-corrected chi connectivity index (χ2v) is 4.87. The Kier molecular flexibility index (Phi) is 3.48. The van der Waals surface area contributed by atoms with E-state index in [1.165, 1.54) is 11.1 Å². The van der Waals surface area contributed by atoms with Crippen LogP contribution in [0.2, 0.25) is 0 Å². The molecule has 1 atom stereocenters. The maximum absolute atomic E-state index is 12.0. The smallest absolute Gasteiger partial charge is 0.227 e. The number of amides is 1. The molecule has 1 aromatic carbocycles. The molecule has 1 aliphatic rings. The van der Waals surface area contributed by atoms with Gasteiger partial charge in [0.1, 0.15) is 0 Å². The summed E-state index contributed by atoms with van der Waals surface area (Å²) in [4.78, 5) is 12.0. The molecular formula is C14H20N2O. The zero-order valence-corrected chi connectivity index (χ0v) is 10.5. The summed E-state index contributed by atoms with van der Waals surface area (Å²) in [6.07, 6.45) is 2.65. The first-order chi connectivity index (χ1) is 8.13. The predicted molar refractivity (Wildman–Crippen MR) is 70.0 cm³/mol. The summed E-state index contributed by atoms with van der Waals surface area (Å²) in [6, 6.07) is 4.19. The molecule has 0 saturated heterocycles. The zero-order chi connectivity index (χ0) is 12.4. The fourth-order valence-electron chi connectivity index (χ4n) is 2.47. The molecule has 0 aliphatic carbocycles. The number of benzene rings is 1. The number of rotatable bonds is 3. The summed E-state index contributed by atoms with van der Waals surface area (Å²) < 4.78 is 0. The normalized spacial score (nSPS) is 18.8. The van der Waals surface area contributed by atoms with Crippen molar-refractivity contribution in [2.75, 3.05) is 11.9 Å². The van der Waals surface area contributed by atoms with E-state index < -0.39 is 0 Å². The quantitative estimate of drug-likeness (QED) is 0.839. The molecule has 1 aliphatic heterocycles. The Hall–Kier alpha value is -1.35. The predicted octanol–water partition coefficient (Wildman–Crippen LogP) is 2.15. The summed E-state index contributed by atoms with van der Waals surface area (Å²) in [5.74, 6) is 0.242. The first kappa shape index (κ1) is 12.1. The summed E-state index contributed by atoms with van der Waals surface area (Å²) in [7, 11) is 0. The van der Waals surface area contributed by atoms with Crippen LogP contribution in [-0.2, 0) is 11.2 Å². The van der Waals surface area contributed by atoms with Crippen LogP contribution < -0.4 is 11.1 Å². The van der Waals surface area contributed by atoms with Gasteiger partial charge in [-0.3, -0.25) is 4.79 Å². The number of fused-ring (bicyclic) bond motifs is 1. The third-order valence-corrected chi connectivity index (χ3v) is 3.58. The van der Waals surface area contributed by atoms with Crippen molar-refractivity contribution in [1.82, 2.24) is 0 Å². The van der Waals surface area contributed by atoms with Gasteiger partial charge in [-0.2, -0.15) is 0 Å². The van der Waals surface area contributed by atoms with Gasteiger partial charge in [-0.25, -0.2) is 0 Å². The van der Waals surface area contributed by atoms with E-state index in [4.69, 9.17) is 5.73 Å². The number of aryl methyl sites for hydroxylation is 2. The van der Waals surface area contributed by atoms with E-state index >= 15 is 0 Å². The Morgan fingerprint density at radius 2 is 2.06 bits per heavy atom. The van der Waals surface area contributed by atoms with Crippen molar-refractivity contribution in [3.63, 3.8) is 0 Å². The summed E-state index contributed by atoms with van der Waals surface area (Å²) in [6.45, 7) is 4.80. The van der Waals surface area contributed by atoms with Gasteiger partial charge in [-0.1, -0.05) is 12.1 Å². The van der Waals surface area contributed by atoms with Crippen LogP contribution in [0.25, 0.3) is 0 Å². The number of carbonyl (C=O) groups is 1. The average Bonchev–Trinajstić information content (AvgIpc) is 2.32. The van der Waals surface area contributed by atoms with E-state index in [1.54, 1.807) is 0 Å². The molecule has 1 aromatic rings. The van der Waals surface area contributed by atoms with E-state index in [-0.39, 0.29) is 11.8 Å². The standard InChI is InChI=1S/C14H20N2O/c1-9-5-6-10(2)13-12(9)8-11(4-3-7-15)14(17)16-13/h5-6,11H,3-4,7-8,15H2,1-2H3,(H,16,17). The van der Waals surface area contributed by atoms with Crippen molar-refractivity contribution in [3.05, 3.63) is 28.8 Å². The SMILES string of the molecule is Cc1ccc(C)c2c1CC(CCCN)C(=O)N2. The second kappa shape index (κ2) is 4.88. The first-order valence-electron chi connectivity index (χ1n) is 6.23. The van der Waals surface area contributed by atoms with Gasteiger partial charge in [0.25, 0.3) is 0 Å². The highest BCUT2D eigenvalue weighted by molar-refractivity contribution is 5.96. The van der Waals surface area contributed by atoms with Gasteiger partial charge >= 0.3 is 0 Å². The molecule has 0 aromatic heterocycles. The van der Waals surface area contributed by atoms with Crippen LogP contribution in [0, 0.1) is 19.8 Å². The Labute approximate surface area is 102 Å². The Morgan fingerprint density at radius 3 is 2.76 bits per heavy atom. The molecule has 0 bridgehead atoms. The minimum atomic E-state index is 0.0894. The van der Waals surface area contributed by atoms with E-state index in [2.05, 4.69) is 24.4 Å². The first-order valence-corrected chi connectivity index (χ1v) is 6.23. The molecule has 1 heterocycles. The Morgan fingerprint density at radius 1 is 1.35 bits per heavy atom. The van der Waals surface area contributed by atoms with Crippen molar-refractivity contribution >= 4 is 11.6 Å². The highest BCUT2D eigenvalue weighted by Crippen LogP contribution is 2.32. The molecule has 17 heavy (non-hydrogen) atoms. The van der Waals surface area contributed by atoms with Crippen molar-refractivity contribution in [1.29, 1.82) is 0 Å². The van der Waals surface area contributed by atoms with Crippen molar-refractivity contribution in [2.24, 2.45) is 11.7 Å². The Balaban J connectivity index is 2.27. The van der Waals surface area contributed by atoms with Crippen molar-refractivity contribution in [2.45, 2.75) is 33.1 Å². The molecule has 0 radical (unpaired) electrons. The van der Waals surface area contributed by atoms with Crippen molar-refractivity contribution in [3.8, 4) is 0 Å². The Bertz CT molecular complexity index is 440. The van der Waals surface area contributed by atoms with Gasteiger partial charge in [0.05, 0.1) is 0 Å². The lowest BCUT2D eigenvalue weighted by Crippen LogP contribution is -2.31. The number of hydrogen-bond donors (Lipinski definition) is 2. The van der Waals surface area contributed by atoms with Crippen LogP contribution in [0.1, 0.15) is 29.5 Å². The van der Waals surface area contributed by atoms with Gasteiger partial charge in [0.15, 0.2) is 0 Å². The van der Waals surface area contributed by atoms with Crippen LogP contribution in [0.15, 0.2) is 12.1 Å². The minimum absolute atomic E-state index is 0.0894. The van der Waals surface area contributed by atoms with E-state index in [1.807, 2.05) is 6.92 Å². The fraction of sp³-hybridized carbons (Fsp3) is 0.500. The van der Waals surface area contributed by atoms with E-state index in [0.717, 1.165) is 30.5 Å². The number of carbonyl (C=O) groups excluding carboxylic acids is 1. The van der Waals surface area contributed by atoms with Crippen molar-refractivity contribution < 1.29 is 4.79 Å². The van der Waals surface area contributed by atoms with Crippen LogP contribution >= 0.6 is 0 Å². The molecule has 3 nitrogen and oxygen atoms in total. The highest BCUT2D eigenvalue weighted by Gasteiger charge is 2.27. The molecule has 92 valence electrons. The lowest BCUT2D eigenvalue weighted by atomic mass is 9.86. The number of anilines is 1. The monoisotopic (exact) mass is 232 g/mol. The second-order valence-electron chi connectivity index (χ2n) is 4.87. The summed E-state index contributed by atoms with van der Waals surface area (Å²) in [5.41, 5.74) is 10.2. The van der Waals surface area contributed by atoms with Crippen LogP contribution in [0.3, 0.4) is 0 Å². The van der Waals surface area contributed by atoms with Gasteiger partial charge in [-0.05, 0) is 56.3 Å². The van der Waals surface area contributed by atoms with Gasteiger partial charge < -0.3 is 11.1 Å². The van der Waals surface area contributed by atoms with E-state index in [0.29, 0.717) is 6.54 Å². The van der Waals surface area contributed by atoms with Crippen LogP contribution in [0.5, 0.6) is 0 Å². The molecular weight excluding hydrogens is 212 g/mol. The lowest BCUT2D eigenvalue weighted by Gasteiger charge is -2.27. The minimum Gasteiger partial charge on any atom is -0.330 e. The largest absolute Gasteiger partial charge is 0.330 e. The highest BCUT2D eigenvalue weighted by atomic mass is 16.1. The van der Waals surface area contributed by atoms with Gasteiger partial charge in [-0.15, -0.1) is 0 Å². The third kappa shape index (κ3) is 2.34. The molecule has 0 saturated carbocycles.